The molecule has 1 amide bonds. The molecule has 0 spiro atoms. The summed E-state index contributed by atoms with van der Waals surface area (Å²) in [5.74, 6) is 0.752. The minimum Gasteiger partial charge on any atom is -0.480 e. The van der Waals surface area contributed by atoms with Crippen molar-refractivity contribution in [3.63, 3.8) is 0 Å². The number of para-hydroxylation sites is 1. The summed E-state index contributed by atoms with van der Waals surface area (Å²) in [6.45, 7) is 1.51. The Morgan fingerprint density at radius 3 is 3.05 bits per heavy atom. The van der Waals surface area contributed by atoms with Gasteiger partial charge in [0.15, 0.2) is 6.10 Å². The fourth-order valence-electron chi connectivity index (χ4n) is 2.65. The summed E-state index contributed by atoms with van der Waals surface area (Å²) in [7, 11) is 1.67. The molecule has 0 bridgehead atoms. The summed E-state index contributed by atoms with van der Waals surface area (Å²) in [5.41, 5.74) is 1.09. The zero-order chi connectivity index (χ0) is 13.2. The number of benzene rings is 1. The smallest absolute Gasteiger partial charge is 0.261 e. The first-order valence-electron chi connectivity index (χ1n) is 6.56. The van der Waals surface area contributed by atoms with E-state index in [1.54, 1.807) is 7.11 Å². The van der Waals surface area contributed by atoms with E-state index in [-0.39, 0.29) is 18.1 Å². The lowest BCUT2D eigenvalue weighted by Crippen LogP contribution is -2.48. The standard InChI is InChI=1S/C14H18N2O3/c1-18-13-8-15-7-10(13)16-14(17)12-6-9-4-2-3-5-11(9)19-12/h2-5,10,12-13,15H,6-8H2,1H3,(H,16,17)/t10?,12?,13-/m0/s1. The van der Waals surface area contributed by atoms with E-state index in [9.17, 15) is 4.79 Å². The van der Waals surface area contributed by atoms with E-state index in [0.29, 0.717) is 6.42 Å². The van der Waals surface area contributed by atoms with Crippen LogP contribution in [0.3, 0.4) is 0 Å². The number of ether oxygens (including phenoxy) is 2. The molecule has 5 heteroatoms. The molecule has 0 aliphatic carbocycles. The van der Waals surface area contributed by atoms with Gasteiger partial charge in [-0.05, 0) is 11.6 Å². The Morgan fingerprint density at radius 2 is 2.26 bits per heavy atom. The van der Waals surface area contributed by atoms with Crippen molar-refractivity contribution in [1.82, 2.24) is 10.6 Å². The molecule has 1 aromatic carbocycles. The van der Waals surface area contributed by atoms with Crippen LogP contribution in [0.25, 0.3) is 0 Å². The minimum absolute atomic E-state index is 0.0183. The highest BCUT2D eigenvalue weighted by molar-refractivity contribution is 5.82. The number of hydrogen-bond donors (Lipinski definition) is 2. The number of amides is 1. The quantitative estimate of drug-likeness (QED) is 0.811. The van der Waals surface area contributed by atoms with Gasteiger partial charge in [-0.15, -0.1) is 0 Å². The van der Waals surface area contributed by atoms with Gasteiger partial charge in [-0.3, -0.25) is 4.79 Å². The van der Waals surface area contributed by atoms with Crippen LogP contribution in [0.4, 0.5) is 0 Å². The van der Waals surface area contributed by atoms with Crippen molar-refractivity contribution >= 4 is 5.91 Å². The summed E-state index contributed by atoms with van der Waals surface area (Å²) in [6, 6.07) is 7.80. The Bertz CT molecular complexity index is 453. The first-order valence-corrected chi connectivity index (χ1v) is 6.56. The van der Waals surface area contributed by atoms with Gasteiger partial charge in [-0.2, -0.15) is 0 Å². The number of fused-ring (bicyclic) bond motifs is 1. The van der Waals surface area contributed by atoms with E-state index < -0.39 is 6.10 Å². The van der Waals surface area contributed by atoms with Gasteiger partial charge in [0, 0.05) is 26.6 Å². The predicted molar refractivity (Wildman–Crippen MR) is 70.2 cm³/mol. The number of methoxy groups -OCH3 is 1. The van der Waals surface area contributed by atoms with Crippen LogP contribution in [-0.4, -0.2) is 44.4 Å². The van der Waals surface area contributed by atoms with Crippen LogP contribution in [-0.2, 0) is 16.0 Å². The van der Waals surface area contributed by atoms with Crippen molar-refractivity contribution in [1.29, 1.82) is 0 Å². The van der Waals surface area contributed by atoms with Crippen molar-refractivity contribution in [3.05, 3.63) is 29.8 Å². The highest BCUT2D eigenvalue weighted by atomic mass is 16.5. The number of carbonyl (C=O) groups excluding carboxylic acids is 1. The minimum atomic E-state index is -0.421. The molecule has 1 saturated heterocycles. The van der Waals surface area contributed by atoms with Gasteiger partial charge in [-0.25, -0.2) is 0 Å². The Labute approximate surface area is 112 Å². The van der Waals surface area contributed by atoms with Crippen LogP contribution in [0.5, 0.6) is 5.75 Å². The number of carbonyl (C=O) groups is 1. The molecule has 1 aromatic rings. The van der Waals surface area contributed by atoms with Crippen molar-refractivity contribution in [2.45, 2.75) is 24.7 Å². The Kier molecular flexibility index (Phi) is 3.40. The van der Waals surface area contributed by atoms with Crippen molar-refractivity contribution in [2.75, 3.05) is 20.2 Å². The second-order valence-corrected chi connectivity index (χ2v) is 4.97. The second kappa shape index (κ2) is 5.19. The molecule has 3 atom stereocenters. The SMILES string of the molecule is CO[C@H]1CNCC1NC(=O)C1Cc2ccccc2O1. The molecule has 2 unspecified atom stereocenters. The Hall–Kier alpha value is -1.59. The van der Waals surface area contributed by atoms with Crippen LogP contribution in [0.2, 0.25) is 0 Å². The average molecular weight is 262 g/mol. The van der Waals surface area contributed by atoms with Gasteiger partial charge < -0.3 is 20.1 Å². The molecule has 2 aliphatic rings. The van der Waals surface area contributed by atoms with Gasteiger partial charge in [-0.1, -0.05) is 18.2 Å². The molecule has 2 N–H and O–H groups in total. The fraction of sp³-hybridized carbons (Fsp3) is 0.500. The Balaban J connectivity index is 1.61. The monoisotopic (exact) mass is 262 g/mol. The topological polar surface area (TPSA) is 59.6 Å². The second-order valence-electron chi connectivity index (χ2n) is 4.97. The average Bonchev–Trinajstić information content (AvgIpc) is 3.03. The van der Waals surface area contributed by atoms with E-state index in [4.69, 9.17) is 9.47 Å². The van der Waals surface area contributed by atoms with Gasteiger partial charge in [0.05, 0.1) is 12.1 Å². The molecular weight excluding hydrogens is 244 g/mol. The summed E-state index contributed by atoms with van der Waals surface area (Å²) in [4.78, 5) is 12.2. The van der Waals surface area contributed by atoms with Crippen LogP contribution >= 0.6 is 0 Å². The zero-order valence-corrected chi connectivity index (χ0v) is 10.9. The molecule has 0 aromatic heterocycles. The molecule has 0 saturated carbocycles. The maximum Gasteiger partial charge on any atom is 0.261 e. The lowest BCUT2D eigenvalue weighted by molar-refractivity contribution is -0.128. The highest BCUT2D eigenvalue weighted by Crippen LogP contribution is 2.28. The van der Waals surface area contributed by atoms with Gasteiger partial charge in [0.1, 0.15) is 5.75 Å². The van der Waals surface area contributed by atoms with Crippen LogP contribution in [0.15, 0.2) is 24.3 Å². The van der Waals surface area contributed by atoms with E-state index in [1.165, 1.54) is 0 Å². The van der Waals surface area contributed by atoms with Crippen molar-refractivity contribution < 1.29 is 14.3 Å². The van der Waals surface area contributed by atoms with E-state index >= 15 is 0 Å². The normalized spacial score (nSPS) is 28.8. The first-order chi connectivity index (χ1) is 9.28. The zero-order valence-electron chi connectivity index (χ0n) is 10.9. The highest BCUT2D eigenvalue weighted by Gasteiger charge is 2.33. The third-order valence-corrected chi connectivity index (χ3v) is 3.73. The lowest BCUT2D eigenvalue weighted by atomic mass is 10.1. The third kappa shape index (κ3) is 2.43. The molecular formula is C14H18N2O3. The molecule has 5 nitrogen and oxygen atoms in total. The summed E-state index contributed by atoms with van der Waals surface area (Å²) >= 11 is 0. The molecule has 2 heterocycles. The molecule has 2 aliphatic heterocycles. The van der Waals surface area contributed by atoms with Crippen LogP contribution in [0.1, 0.15) is 5.56 Å². The van der Waals surface area contributed by atoms with Crippen molar-refractivity contribution in [2.24, 2.45) is 0 Å². The molecule has 19 heavy (non-hydrogen) atoms. The molecule has 1 fully saturated rings. The number of nitrogens with one attached hydrogen (secondary N) is 2. The number of hydrogen-bond acceptors (Lipinski definition) is 4. The van der Waals surface area contributed by atoms with Gasteiger partial charge in [0.2, 0.25) is 0 Å². The summed E-state index contributed by atoms with van der Waals surface area (Å²) in [5, 5.41) is 6.21. The molecule has 102 valence electrons. The predicted octanol–water partition coefficient (Wildman–Crippen LogP) is 0.0931. The van der Waals surface area contributed by atoms with E-state index in [0.717, 1.165) is 24.4 Å². The maximum absolute atomic E-state index is 12.2. The lowest BCUT2D eigenvalue weighted by Gasteiger charge is -2.20. The summed E-state index contributed by atoms with van der Waals surface area (Å²) in [6.07, 6.45) is 0.253. The molecule has 0 radical (unpaired) electrons. The molecule has 3 rings (SSSR count). The van der Waals surface area contributed by atoms with Crippen LogP contribution in [0, 0.1) is 0 Å². The van der Waals surface area contributed by atoms with Crippen LogP contribution < -0.4 is 15.4 Å². The van der Waals surface area contributed by atoms with Crippen molar-refractivity contribution in [3.8, 4) is 5.75 Å². The largest absolute Gasteiger partial charge is 0.480 e. The van der Waals surface area contributed by atoms with E-state index in [1.807, 2.05) is 24.3 Å². The van der Waals surface area contributed by atoms with Gasteiger partial charge in [0.25, 0.3) is 5.91 Å². The summed E-state index contributed by atoms with van der Waals surface area (Å²) < 4.78 is 11.0. The number of rotatable bonds is 3. The maximum atomic E-state index is 12.2. The first kappa shape index (κ1) is 12.4. The fourth-order valence-corrected chi connectivity index (χ4v) is 2.65. The Morgan fingerprint density at radius 1 is 1.42 bits per heavy atom. The van der Waals surface area contributed by atoms with E-state index in [2.05, 4.69) is 10.6 Å². The third-order valence-electron chi connectivity index (χ3n) is 3.73. The van der Waals surface area contributed by atoms with Gasteiger partial charge >= 0.3 is 0 Å².